The lowest BCUT2D eigenvalue weighted by Gasteiger charge is -2.39. The third-order valence-corrected chi connectivity index (χ3v) is 7.67. The molecule has 2 fully saturated rings. The van der Waals surface area contributed by atoms with Crippen LogP contribution in [-0.2, 0) is 4.79 Å². The number of amides is 3. The van der Waals surface area contributed by atoms with E-state index >= 15 is 0 Å². The number of piperazine rings is 1. The molecule has 0 aliphatic carbocycles. The molecular weight excluding hydrogens is 506 g/mol. The molecule has 3 amide bonds. The van der Waals surface area contributed by atoms with Crippen molar-refractivity contribution < 1.29 is 23.2 Å². The second-order valence-corrected chi connectivity index (χ2v) is 11.4. The Morgan fingerprint density at radius 3 is 2.36 bits per heavy atom. The molecule has 6 rings (SSSR count). The molecule has 4 aromatic rings. The van der Waals surface area contributed by atoms with Gasteiger partial charge in [-0.2, -0.15) is 0 Å². The van der Waals surface area contributed by atoms with E-state index < -0.39 is 29.0 Å². The van der Waals surface area contributed by atoms with Gasteiger partial charge in [0.2, 0.25) is 5.91 Å². The average molecular weight is 535 g/mol. The Bertz CT molecular complexity index is 1570. The largest absolute Gasteiger partial charge is 0.350 e. The molecule has 11 heteroatoms. The summed E-state index contributed by atoms with van der Waals surface area (Å²) in [6.07, 6.45) is 0.654. The molecular formula is C28H28F2N6O3. The summed E-state index contributed by atoms with van der Waals surface area (Å²) in [6, 6.07) is 9.71. The molecule has 3 unspecified atom stereocenters. The number of aromatic amines is 2. The van der Waals surface area contributed by atoms with Gasteiger partial charge in [0.1, 0.15) is 11.7 Å². The van der Waals surface area contributed by atoms with E-state index in [0.717, 1.165) is 23.2 Å². The van der Waals surface area contributed by atoms with Crippen molar-refractivity contribution in [3.63, 3.8) is 0 Å². The Kier molecular flexibility index (Phi) is 5.70. The molecule has 0 radical (unpaired) electrons. The van der Waals surface area contributed by atoms with E-state index in [1.807, 2.05) is 45.0 Å². The van der Waals surface area contributed by atoms with Crippen LogP contribution in [0.4, 0.5) is 8.78 Å². The van der Waals surface area contributed by atoms with Gasteiger partial charge in [0, 0.05) is 30.1 Å². The first-order valence-corrected chi connectivity index (χ1v) is 12.8. The minimum atomic E-state index is -1.02. The van der Waals surface area contributed by atoms with E-state index in [9.17, 15) is 23.2 Å². The van der Waals surface area contributed by atoms with Crippen molar-refractivity contribution in [3.8, 4) is 0 Å². The summed E-state index contributed by atoms with van der Waals surface area (Å²) in [7, 11) is 0. The van der Waals surface area contributed by atoms with Crippen LogP contribution in [0.15, 0.2) is 42.5 Å². The molecule has 3 atom stereocenters. The van der Waals surface area contributed by atoms with Crippen LogP contribution >= 0.6 is 0 Å². The third kappa shape index (κ3) is 4.31. The van der Waals surface area contributed by atoms with E-state index in [1.54, 1.807) is 9.80 Å². The molecule has 2 aromatic heterocycles. The van der Waals surface area contributed by atoms with E-state index in [4.69, 9.17) is 0 Å². The summed E-state index contributed by atoms with van der Waals surface area (Å²) in [5, 5.41) is 3.18. The fourth-order valence-corrected chi connectivity index (χ4v) is 5.65. The molecule has 9 nitrogen and oxygen atoms in total. The second kappa shape index (κ2) is 8.89. The number of halogens is 2. The number of carbonyl (C=O) groups is 3. The molecule has 2 aromatic carbocycles. The van der Waals surface area contributed by atoms with Crippen LogP contribution in [0.25, 0.3) is 21.9 Å². The Balaban J connectivity index is 1.17. The Labute approximate surface area is 222 Å². The number of hydrogen-bond acceptors (Lipinski definition) is 4. The van der Waals surface area contributed by atoms with Crippen molar-refractivity contribution in [1.82, 2.24) is 30.1 Å². The van der Waals surface area contributed by atoms with Gasteiger partial charge in [0.15, 0.2) is 17.5 Å². The zero-order valence-corrected chi connectivity index (χ0v) is 21.7. The smallest absolute Gasteiger partial charge is 0.290 e. The van der Waals surface area contributed by atoms with Gasteiger partial charge in [-0.05, 0) is 36.1 Å². The lowest BCUT2D eigenvalue weighted by Crippen LogP contribution is -2.59. The van der Waals surface area contributed by atoms with Crippen molar-refractivity contribution in [1.29, 1.82) is 0 Å². The lowest BCUT2D eigenvalue weighted by atomic mass is 9.85. The number of nitrogens with zero attached hydrogens (tertiary/aromatic N) is 3. The number of H-pyrrole nitrogens is 2. The number of likely N-dealkylation sites (tertiary alicyclic amines) is 2. The van der Waals surface area contributed by atoms with Crippen LogP contribution in [0.5, 0.6) is 0 Å². The number of para-hydroxylation sites is 2. The lowest BCUT2D eigenvalue weighted by molar-refractivity contribution is -0.138. The normalized spacial score (nSPS) is 19.7. The zero-order valence-electron chi connectivity index (χ0n) is 21.7. The summed E-state index contributed by atoms with van der Waals surface area (Å²) in [4.78, 5) is 53.9. The van der Waals surface area contributed by atoms with Gasteiger partial charge in [-0.1, -0.05) is 32.9 Å². The number of benzene rings is 2. The van der Waals surface area contributed by atoms with Gasteiger partial charge < -0.3 is 25.1 Å². The van der Waals surface area contributed by atoms with E-state index in [2.05, 4.69) is 20.3 Å². The number of aromatic nitrogens is 3. The van der Waals surface area contributed by atoms with Crippen molar-refractivity contribution >= 4 is 39.7 Å². The minimum Gasteiger partial charge on any atom is -0.350 e. The van der Waals surface area contributed by atoms with Crippen LogP contribution in [0.2, 0.25) is 0 Å². The van der Waals surface area contributed by atoms with E-state index in [0.29, 0.717) is 24.9 Å². The van der Waals surface area contributed by atoms with Gasteiger partial charge in [-0.15, -0.1) is 0 Å². The number of carbonyl (C=O) groups excluding carboxylic acids is 3. The Morgan fingerprint density at radius 1 is 0.974 bits per heavy atom. The highest BCUT2D eigenvalue weighted by atomic mass is 19.2. The van der Waals surface area contributed by atoms with Crippen LogP contribution in [0.1, 0.15) is 48.3 Å². The van der Waals surface area contributed by atoms with Gasteiger partial charge >= 0.3 is 0 Å². The highest BCUT2D eigenvalue weighted by Crippen LogP contribution is 2.34. The van der Waals surface area contributed by atoms with Crippen LogP contribution in [0.3, 0.4) is 0 Å². The number of rotatable bonds is 4. The molecule has 39 heavy (non-hydrogen) atoms. The monoisotopic (exact) mass is 534 g/mol. The fourth-order valence-electron chi connectivity index (χ4n) is 5.65. The van der Waals surface area contributed by atoms with Crippen molar-refractivity contribution in [2.45, 2.75) is 45.3 Å². The van der Waals surface area contributed by atoms with Crippen molar-refractivity contribution in [2.75, 3.05) is 13.1 Å². The predicted octanol–water partition coefficient (Wildman–Crippen LogP) is 3.59. The molecule has 4 heterocycles. The Hall–Kier alpha value is -4.28. The first-order valence-electron chi connectivity index (χ1n) is 12.8. The van der Waals surface area contributed by atoms with Gasteiger partial charge in [-0.3, -0.25) is 14.4 Å². The SMILES string of the molecule is CC(C)(C)C(NC(=O)c1cc2cc(F)c(F)cc2[nH]1)C(=O)N1CC2CC1CN2C(=O)c1nc2ccccc2[nH]1. The third-order valence-electron chi connectivity index (χ3n) is 7.67. The second-order valence-electron chi connectivity index (χ2n) is 11.4. The highest BCUT2D eigenvalue weighted by Gasteiger charge is 2.50. The first-order chi connectivity index (χ1) is 18.5. The van der Waals surface area contributed by atoms with Crippen molar-refractivity contribution in [3.05, 3.63) is 65.6 Å². The first kappa shape index (κ1) is 25.0. The van der Waals surface area contributed by atoms with Gasteiger partial charge in [-0.25, -0.2) is 13.8 Å². The van der Waals surface area contributed by atoms with Crippen LogP contribution in [0, 0.1) is 17.0 Å². The van der Waals surface area contributed by atoms with E-state index in [1.165, 1.54) is 6.07 Å². The maximum atomic E-state index is 13.8. The zero-order chi connectivity index (χ0) is 27.6. The molecule has 3 N–H and O–H groups in total. The molecule has 2 bridgehead atoms. The quantitative estimate of drug-likeness (QED) is 0.371. The summed E-state index contributed by atoms with van der Waals surface area (Å²) >= 11 is 0. The van der Waals surface area contributed by atoms with Crippen LogP contribution < -0.4 is 5.32 Å². The average Bonchev–Trinajstić information content (AvgIpc) is 3.67. The van der Waals surface area contributed by atoms with E-state index in [-0.39, 0.29) is 40.9 Å². The number of hydrogen-bond donors (Lipinski definition) is 3. The molecule has 2 aliphatic heterocycles. The maximum Gasteiger partial charge on any atom is 0.290 e. The van der Waals surface area contributed by atoms with Crippen LogP contribution in [-0.4, -0.2) is 73.7 Å². The summed E-state index contributed by atoms with van der Waals surface area (Å²) in [6.45, 7) is 6.33. The molecule has 0 saturated carbocycles. The molecule has 2 saturated heterocycles. The summed E-state index contributed by atoms with van der Waals surface area (Å²) < 4.78 is 27.3. The Morgan fingerprint density at radius 2 is 1.67 bits per heavy atom. The summed E-state index contributed by atoms with van der Waals surface area (Å²) in [5.74, 6) is -2.72. The van der Waals surface area contributed by atoms with Gasteiger partial charge in [0.25, 0.3) is 11.8 Å². The maximum absolute atomic E-state index is 13.8. The standard InChI is InChI=1S/C28H28F2N6O3/c1-28(2,3)23(34-25(37)22-9-14-8-17(29)18(30)11-21(14)31-22)26(38)35-12-16-10-15(35)13-36(16)27(39)24-32-19-6-4-5-7-20(19)33-24/h4-9,11,15-16,23,31H,10,12-13H2,1-3H3,(H,32,33)(H,34,37). The van der Waals surface area contributed by atoms with Crippen molar-refractivity contribution in [2.24, 2.45) is 5.41 Å². The number of imidazole rings is 1. The van der Waals surface area contributed by atoms with Gasteiger partial charge in [0.05, 0.1) is 23.1 Å². The molecule has 0 spiro atoms. The minimum absolute atomic E-state index is 0.0996. The fraction of sp³-hybridized carbons (Fsp3) is 0.357. The topological polar surface area (TPSA) is 114 Å². The highest BCUT2D eigenvalue weighted by molar-refractivity contribution is 6.00. The summed E-state index contributed by atoms with van der Waals surface area (Å²) in [5.41, 5.74) is 1.26. The molecule has 202 valence electrons. The molecule has 2 aliphatic rings. The number of fused-ring (bicyclic) bond motifs is 4. The number of nitrogens with one attached hydrogen (secondary N) is 3. The predicted molar refractivity (Wildman–Crippen MR) is 140 cm³/mol.